The summed E-state index contributed by atoms with van der Waals surface area (Å²) in [5.41, 5.74) is -2.00. The molecular formula is C12H5F17O2. The Bertz CT molecular complexity index is 730. The molecule has 0 rings (SSSR count). The molecule has 0 aromatic heterocycles. The van der Waals surface area contributed by atoms with Crippen LogP contribution in [0.25, 0.3) is 0 Å². The van der Waals surface area contributed by atoms with Crippen molar-refractivity contribution in [2.24, 2.45) is 0 Å². The number of carboxylic acid groups (broad SMARTS) is 1. The van der Waals surface area contributed by atoms with Gasteiger partial charge in [-0.05, 0) is 6.92 Å². The molecule has 0 aliphatic carbocycles. The average molecular weight is 504 g/mol. The normalized spacial score (nSPS) is 16.5. The van der Waals surface area contributed by atoms with Gasteiger partial charge in [0.1, 0.15) is 0 Å². The van der Waals surface area contributed by atoms with E-state index in [9.17, 15) is 79.4 Å². The maximum absolute atomic E-state index is 13.3. The summed E-state index contributed by atoms with van der Waals surface area (Å²) in [7, 11) is 0. The Kier molecular flexibility index (Phi) is 6.81. The van der Waals surface area contributed by atoms with Crippen LogP contribution in [0.15, 0.2) is 11.6 Å². The lowest BCUT2D eigenvalue weighted by Gasteiger charge is -2.42. The maximum Gasteiger partial charge on any atom is 0.460 e. The molecular weight excluding hydrogens is 499 g/mol. The van der Waals surface area contributed by atoms with Gasteiger partial charge in [0.25, 0.3) is 0 Å². The molecule has 0 bridgehead atoms. The van der Waals surface area contributed by atoms with E-state index in [1.165, 1.54) is 0 Å². The van der Waals surface area contributed by atoms with E-state index in [0.29, 0.717) is 0 Å². The second-order valence-corrected chi connectivity index (χ2v) is 5.70. The molecule has 31 heavy (non-hydrogen) atoms. The van der Waals surface area contributed by atoms with Crippen molar-refractivity contribution in [2.75, 3.05) is 0 Å². The molecule has 2 nitrogen and oxygen atoms in total. The number of alkyl halides is 17. The van der Waals surface area contributed by atoms with Crippen molar-refractivity contribution in [1.82, 2.24) is 0 Å². The Morgan fingerprint density at radius 1 is 0.548 bits per heavy atom. The zero-order valence-corrected chi connectivity index (χ0v) is 13.9. The number of aliphatic carboxylic acids is 1. The van der Waals surface area contributed by atoms with Crippen LogP contribution in [0.5, 0.6) is 0 Å². The molecule has 184 valence electrons. The molecule has 19 heteroatoms. The van der Waals surface area contributed by atoms with Gasteiger partial charge in [-0.25, -0.2) is 4.79 Å². The molecule has 0 fully saturated rings. The molecule has 0 spiro atoms. The van der Waals surface area contributed by atoms with Gasteiger partial charge in [-0.3, -0.25) is 0 Å². The van der Waals surface area contributed by atoms with Gasteiger partial charge in [0.2, 0.25) is 0 Å². The highest BCUT2D eigenvalue weighted by Gasteiger charge is 2.95. The first-order chi connectivity index (χ1) is 13.1. The Hall–Kier alpha value is -1.98. The Balaban J connectivity index is 6.83. The number of halogens is 17. The van der Waals surface area contributed by atoms with Crippen molar-refractivity contribution in [3.05, 3.63) is 11.6 Å². The van der Waals surface area contributed by atoms with Gasteiger partial charge in [0.15, 0.2) is 0 Å². The molecule has 0 saturated carbocycles. The topological polar surface area (TPSA) is 37.3 Å². The van der Waals surface area contributed by atoms with Gasteiger partial charge < -0.3 is 5.11 Å². The van der Waals surface area contributed by atoms with E-state index in [0.717, 1.165) is 0 Å². The van der Waals surface area contributed by atoms with Crippen molar-refractivity contribution in [3.8, 4) is 0 Å². The van der Waals surface area contributed by atoms with Crippen LogP contribution < -0.4 is 0 Å². The van der Waals surface area contributed by atoms with Crippen molar-refractivity contribution in [2.45, 2.75) is 54.6 Å². The molecule has 0 heterocycles. The van der Waals surface area contributed by atoms with Gasteiger partial charge >= 0.3 is 53.6 Å². The molecule has 0 unspecified atom stereocenters. The van der Waals surface area contributed by atoms with Crippen LogP contribution >= 0.6 is 0 Å². The monoisotopic (exact) mass is 504 g/mol. The first-order valence-electron chi connectivity index (χ1n) is 6.72. The van der Waals surface area contributed by atoms with Crippen LogP contribution in [0.3, 0.4) is 0 Å². The second kappa shape index (κ2) is 7.28. The molecule has 0 aliphatic heterocycles. The van der Waals surface area contributed by atoms with Crippen LogP contribution in [0.1, 0.15) is 6.92 Å². The standard InChI is InChI=1S/C12H5F17O2/c1-3(4(30)31)2-5(13,14)6(15,16)7(17,18)8(19,20)9(21,22)10(23,24)11(25,26)12(27,28)29/h2H,1H3,(H,30,31)/b3-2+. The van der Waals surface area contributed by atoms with Gasteiger partial charge in [-0.1, -0.05) is 0 Å². The lowest BCUT2D eigenvalue weighted by Crippen LogP contribution is -2.74. The third kappa shape index (κ3) is 3.87. The van der Waals surface area contributed by atoms with Crippen molar-refractivity contribution in [3.63, 3.8) is 0 Å². The predicted molar refractivity (Wildman–Crippen MR) is 62.1 cm³/mol. The summed E-state index contributed by atoms with van der Waals surface area (Å²) < 4.78 is 219. The van der Waals surface area contributed by atoms with Crippen molar-refractivity contribution < 1.29 is 84.5 Å². The molecule has 0 saturated heterocycles. The van der Waals surface area contributed by atoms with Gasteiger partial charge in [-0.15, -0.1) is 0 Å². The Labute approximate surface area is 158 Å². The lowest BCUT2D eigenvalue weighted by atomic mass is 9.88. The number of allylic oxidation sites excluding steroid dienone is 1. The predicted octanol–water partition coefficient (Wildman–Crippen LogP) is 6.03. The molecule has 0 amide bonds. The van der Waals surface area contributed by atoms with Gasteiger partial charge in [0, 0.05) is 11.6 Å². The largest absolute Gasteiger partial charge is 0.478 e. The fraction of sp³-hybridized carbons (Fsp3) is 0.750. The third-order valence-electron chi connectivity index (χ3n) is 3.48. The first kappa shape index (κ1) is 29.0. The van der Waals surface area contributed by atoms with Crippen LogP contribution in [0.4, 0.5) is 74.6 Å². The highest BCUT2D eigenvalue weighted by molar-refractivity contribution is 5.86. The number of carbonyl (C=O) groups is 1. The van der Waals surface area contributed by atoms with E-state index >= 15 is 0 Å². The third-order valence-corrected chi connectivity index (χ3v) is 3.48. The molecule has 0 aromatic rings. The van der Waals surface area contributed by atoms with E-state index in [2.05, 4.69) is 0 Å². The highest BCUT2D eigenvalue weighted by atomic mass is 19.4. The minimum atomic E-state index is -8.71. The van der Waals surface area contributed by atoms with Crippen molar-refractivity contribution >= 4 is 5.97 Å². The van der Waals surface area contributed by atoms with Crippen molar-refractivity contribution in [1.29, 1.82) is 0 Å². The van der Waals surface area contributed by atoms with Crippen LogP contribution in [-0.4, -0.2) is 58.7 Å². The molecule has 0 atom stereocenters. The Morgan fingerprint density at radius 3 is 1.06 bits per heavy atom. The smallest absolute Gasteiger partial charge is 0.460 e. The molecule has 1 N–H and O–H groups in total. The number of rotatable bonds is 8. The summed E-state index contributed by atoms with van der Waals surface area (Å²) in [6.07, 6.45) is -9.51. The van der Waals surface area contributed by atoms with Gasteiger partial charge in [-0.2, -0.15) is 74.6 Å². The fourth-order valence-electron chi connectivity index (χ4n) is 1.60. The van der Waals surface area contributed by atoms with Crippen LogP contribution in [0, 0.1) is 0 Å². The minimum Gasteiger partial charge on any atom is -0.478 e. The van der Waals surface area contributed by atoms with Crippen LogP contribution in [0.2, 0.25) is 0 Å². The number of hydrogen-bond donors (Lipinski definition) is 1. The summed E-state index contributed by atoms with van der Waals surface area (Å²) in [5, 5.41) is 8.18. The molecule has 0 aliphatic rings. The lowest BCUT2D eigenvalue weighted by molar-refractivity contribution is -0.459. The van der Waals surface area contributed by atoms with E-state index in [1.807, 2.05) is 0 Å². The van der Waals surface area contributed by atoms with E-state index < -0.39 is 65.3 Å². The van der Waals surface area contributed by atoms with Gasteiger partial charge in [0.05, 0.1) is 0 Å². The van der Waals surface area contributed by atoms with E-state index in [-0.39, 0.29) is 6.92 Å². The zero-order valence-electron chi connectivity index (χ0n) is 13.9. The Morgan fingerprint density at radius 2 is 0.806 bits per heavy atom. The zero-order chi connectivity index (χ0) is 25.9. The average Bonchev–Trinajstić information content (AvgIpc) is 2.51. The minimum absolute atomic E-state index is 0.0325. The molecule has 0 aromatic carbocycles. The number of carboxylic acids is 1. The quantitative estimate of drug-likeness (QED) is 0.324. The molecule has 0 radical (unpaired) electrons. The summed E-state index contributed by atoms with van der Waals surface area (Å²) in [6.45, 7) is -0.0325. The second-order valence-electron chi connectivity index (χ2n) is 5.70. The SMILES string of the molecule is C/C(=C\C(F)(F)C(F)(F)C(F)(F)C(F)(F)C(F)(F)C(F)(F)C(F)(F)C(F)(F)F)C(=O)O. The summed E-state index contributed by atoms with van der Waals surface area (Å²) >= 11 is 0. The van der Waals surface area contributed by atoms with E-state index in [1.54, 1.807) is 0 Å². The summed E-state index contributed by atoms with van der Waals surface area (Å²) in [6, 6.07) is 0. The van der Waals surface area contributed by atoms with E-state index in [4.69, 9.17) is 5.11 Å². The summed E-state index contributed by atoms with van der Waals surface area (Å²) in [4.78, 5) is 10.3. The number of hydrogen-bond acceptors (Lipinski definition) is 1. The summed E-state index contributed by atoms with van der Waals surface area (Å²) in [5.74, 6) is -60.0. The highest BCUT2D eigenvalue weighted by Crippen LogP contribution is 2.64. The van der Waals surface area contributed by atoms with Crippen LogP contribution in [-0.2, 0) is 4.79 Å². The first-order valence-corrected chi connectivity index (χ1v) is 6.72. The fourth-order valence-corrected chi connectivity index (χ4v) is 1.60. The maximum atomic E-state index is 13.3.